The second-order valence-electron chi connectivity index (χ2n) is 8.05. The second-order valence-corrected chi connectivity index (χ2v) is 8.90. The number of urea groups is 1. The van der Waals surface area contributed by atoms with Crippen molar-refractivity contribution in [1.82, 2.24) is 14.4 Å². The van der Waals surface area contributed by atoms with Crippen molar-refractivity contribution in [3.05, 3.63) is 52.8 Å². The highest BCUT2D eigenvalue weighted by atomic mass is 79.9. The van der Waals surface area contributed by atoms with E-state index in [1.54, 1.807) is 4.90 Å². The highest BCUT2D eigenvalue weighted by Gasteiger charge is 2.35. The van der Waals surface area contributed by atoms with E-state index in [-0.39, 0.29) is 24.5 Å². The summed E-state index contributed by atoms with van der Waals surface area (Å²) >= 11 is 3.46. The van der Waals surface area contributed by atoms with E-state index in [0.29, 0.717) is 24.7 Å². The number of hydrogen-bond acceptors (Lipinski definition) is 2. The van der Waals surface area contributed by atoms with E-state index >= 15 is 0 Å². The van der Waals surface area contributed by atoms with E-state index in [1.165, 1.54) is 0 Å². The molecule has 3 rings (SSSR count). The normalized spacial score (nSPS) is 13.4. The predicted octanol–water partition coefficient (Wildman–Crippen LogP) is 4.47. The number of hydrogen-bond donors (Lipinski definition) is 1. The van der Waals surface area contributed by atoms with Crippen molar-refractivity contribution in [1.29, 1.82) is 0 Å². The van der Waals surface area contributed by atoms with Crippen LogP contribution in [0.15, 0.2) is 47.1 Å². The van der Waals surface area contributed by atoms with Crippen molar-refractivity contribution in [2.75, 3.05) is 18.4 Å². The van der Waals surface area contributed by atoms with Crippen LogP contribution in [0.25, 0.3) is 0 Å². The number of halogens is 1. The number of anilines is 1. The number of amides is 3. The Morgan fingerprint density at radius 2 is 1.93 bits per heavy atom. The standard InChI is InChI=1S/C22H29BrN4O2/c1-16(2)13-26(14-18-7-6-12-25(18)3)21(28)15-27(17-10-11-17)22(29)24-20-9-5-4-8-19(20)23/h4-9,12,16-17H,10-11,13-15H2,1-3H3,(H,24,29). The molecule has 0 spiro atoms. The molecule has 156 valence electrons. The molecule has 3 amide bonds. The summed E-state index contributed by atoms with van der Waals surface area (Å²) in [6.45, 7) is 5.50. The van der Waals surface area contributed by atoms with Gasteiger partial charge < -0.3 is 19.7 Å². The number of rotatable bonds is 8. The number of aryl methyl sites for hydroxylation is 1. The number of carbonyl (C=O) groups is 2. The quantitative estimate of drug-likeness (QED) is 0.631. The van der Waals surface area contributed by atoms with Gasteiger partial charge in [0, 0.05) is 36.0 Å². The molecule has 0 radical (unpaired) electrons. The average molecular weight is 461 g/mol. The highest BCUT2D eigenvalue weighted by Crippen LogP contribution is 2.29. The van der Waals surface area contributed by atoms with Gasteiger partial charge in [-0.3, -0.25) is 4.79 Å². The van der Waals surface area contributed by atoms with Crippen LogP contribution in [-0.2, 0) is 18.4 Å². The molecule has 1 fully saturated rings. The van der Waals surface area contributed by atoms with Crippen LogP contribution < -0.4 is 5.32 Å². The van der Waals surface area contributed by atoms with Gasteiger partial charge in [0.05, 0.1) is 12.2 Å². The molecule has 1 N–H and O–H groups in total. The minimum atomic E-state index is -0.226. The van der Waals surface area contributed by atoms with E-state index in [1.807, 2.05) is 59.1 Å². The first-order chi connectivity index (χ1) is 13.8. The van der Waals surface area contributed by atoms with Crippen molar-refractivity contribution < 1.29 is 9.59 Å². The summed E-state index contributed by atoms with van der Waals surface area (Å²) in [5.74, 6) is 0.330. The maximum Gasteiger partial charge on any atom is 0.322 e. The summed E-state index contributed by atoms with van der Waals surface area (Å²) < 4.78 is 2.85. The number of para-hydroxylation sites is 1. The van der Waals surface area contributed by atoms with Crippen LogP contribution in [0.4, 0.5) is 10.5 Å². The van der Waals surface area contributed by atoms with E-state index in [4.69, 9.17) is 0 Å². The molecule has 0 bridgehead atoms. The van der Waals surface area contributed by atoms with Gasteiger partial charge in [-0.25, -0.2) is 4.79 Å². The van der Waals surface area contributed by atoms with Crippen molar-refractivity contribution >= 4 is 33.6 Å². The summed E-state index contributed by atoms with van der Waals surface area (Å²) in [6, 6.07) is 11.4. The van der Waals surface area contributed by atoms with Crippen LogP contribution in [0.1, 0.15) is 32.4 Å². The molecule has 29 heavy (non-hydrogen) atoms. The topological polar surface area (TPSA) is 57.6 Å². The Morgan fingerprint density at radius 1 is 1.21 bits per heavy atom. The molecular weight excluding hydrogens is 432 g/mol. The van der Waals surface area contributed by atoms with Crippen molar-refractivity contribution in [2.45, 2.75) is 39.3 Å². The molecule has 0 saturated heterocycles. The minimum Gasteiger partial charge on any atom is -0.353 e. The molecule has 1 aromatic carbocycles. The van der Waals surface area contributed by atoms with E-state index < -0.39 is 0 Å². The monoisotopic (exact) mass is 460 g/mol. The Hall–Kier alpha value is -2.28. The highest BCUT2D eigenvalue weighted by molar-refractivity contribution is 9.10. The zero-order valence-corrected chi connectivity index (χ0v) is 18.9. The van der Waals surface area contributed by atoms with E-state index in [9.17, 15) is 9.59 Å². The molecule has 7 heteroatoms. The lowest BCUT2D eigenvalue weighted by atomic mass is 10.2. The molecule has 1 aliphatic rings. The first-order valence-corrected chi connectivity index (χ1v) is 10.8. The number of aromatic nitrogens is 1. The van der Waals surface area contributed by atoms with Crippen LogP contribution in [-0.4, -0.2) is 45.4 Å². The molecule has 2 aromatic rings. The van der Waals surface area contributed by atoms with E-state index in [2.05, 4.69) is 35.1 Å². The molecule has 0 atom stereocenters. The summed E-state index contributed by atoms with van der Waals surface area (Å²) in [5, 5.41) is 2.94. The molecule has 1 heterocycles. The maximum absolute atomic E-state index is 13.2. The van der Waals surface area contributed by atoms with Crippen LogP contribution >= 0.6 is 15.9 Å². The Morgan fingerprint density at radius 3 is 2.52 bits per heavy atom. The SMILES string of the molecule is CC(C)CN(Cc1cccn1C)C(=O)CN(C(=O)Nc1ccccc1Br)C1CC1. The van der Waals surface area contributed by atoms with Crippen LogP contribution in [0, 0.1) is 5.92 Å². The van der Waals surface area contributed by atoms with Crippen molar-refractivity contribution in [2.24, 2.45) is 13.0 Å². The van der Waals surface area contributed by atoms with Crippen LogP contribution in [0.3, 0.4) is 0 Å². The second kappa shape index (κ2) is 9.48. The Bertz CT molecular complexity index is 860. The fourth-order valence-electron chi connectivity index (χ4n) is 3.30. The fourth-order valence-corrected chi connectivity index (χ4v) is 3.68. The Balaban J connectivity index is 1.70. The zero-order valence-electron chi connectivity index (χ0n) is 17.3. The number of carbonyl (C=O) groups excluding carboxylic acids is 2. The maximum atomic E-state index is 13.2. The molecule has 1 aliphatic carbocycles. The average Bonchev–Trinajstić information content (AvgIpc) is 3.43. The zero-order chi connectivity index (χ0) is 21.0. The first kappa shape index (κ1) is 21.4. The number of nitrogens with one attached hydrogen (secondary N) is 1. The summed E-state index contributed by atoms with van der Waals surface area (Å²) in [6.07, 6.45) is 3.87. The molecule has 0 aliphatic heterocycles. The third kappa shape index (κ3) is 5.85. The Kier molecular flexibility index (Phi) is 7.00. The van der Waals surface area contributed by atoms with Crippen LogP contribution in [0.2, 0.25) is 0 Å². The largest absolute Gasteiger partial charge is 0.353 e. The lowest BCUT2D eigenvalue weighted by Crippen LogP contribution is -2.46. The Labute approximate surface area is 181 Å². The number of nitrogens with zero attached hydrogens (tertiary/aromatic N) is 3. The molecule has 1 aromatic heterocycles. The lowest BCUT2D eigenvalue weighted by Gasteiger charge is -2.29. The van der Waals surface area contributed by atoms with Gasteiger partial charge in [-0.1, -0.05) is 26.0 Å². The minimum absolute atomic E-state index is 0.0194. The molecule has 1 saturated carbocycles. The third-order valence-electron chi connectivity index (χ3n) is 5.01. The fraction of sp³-hybridized carbons (Fsp3) is 0.455. The van der Waals surface area contributed by atoms with Crippen LogP contribution in [0.5, 0.6) is 0 Å². The third-order valence-corrected chi connectivity index (χ3v) is 5.70. The van der Waals surface area contributed by atoms with Gasteiger partial charge in [-0.15, -0.1) is 0 Å². The van der Waals surface area contributed by atoms with Gasteiger partial charge in [0.1, 0.15) is 6.54 Å². The summed E-state index contributed by atoms with van der Waals surface area (Å²) in [5.41, 5.74) is 1.79. The lowest BCUT2D eigenvalue weighted by molar-refractivity contribution is -0.133. The van der Waals surface area contributed by atoms with Gasteiger partial charge >= 0.3 is 6.03 Å². The van der Waals surface area contributed by atoms with Gasteiger partial charge in [0.2, 0.25) is 5.91 Å². The van der Waals surface area contributed by atoms with Gasteiger partial charge in [-0.2, -0.15) is 0 Å². The molecule has 6 nitrogen and oxygen atoms in total. The molecule has 0 unspecified atom stereocenters. The number of benzene rings is 1. The van der Waals surface area contributed by atoms with Gasteiger partial charge in [-0.05, 0) is 59.0 Å². The summed E-state index contributed by atoms with van der Waals surface area (Å²) in [4.78, 5) is 29.6. The molecular formula is C22H29BrN4O2. The first-order valence-electron chi connectivity index (χ1n) is 10.0. The van der Waals surface area contributed by atoms with Gasteiger partial charge in [0.15, 0.2) is 0 Å². The van der Waals surface area contributed by atoms with Gasteiger partial charge in [0.25, 0.3) is 0 Å². The predicted molar refractivity (Wildman–Crippen MR) is 119 cm³/mol. The van der Waals surface area contributed by atoms with Crippen molar-refractivity contribution in [3.63, 3.8) is 0 Å². The smallest absolute Gasteiger partial charge is 0.322 e. The van der Waals surface area contributed by atoms with Crippen molar-refractivity contribution in [3.8, 4) is 0 Å². The summed E-state index contributed by atoms with van der Waals surface area (Å²) in [7, 11) is 1.98. The van der Waals surface area contributed by atoms with E-state index in [0.717, 1.165) is 23.0 Å².